The Morgan fingerprint density at radius 1 is 1.21 bits per heavy atom. The number of nitro groups is 1. The van der Waals surface area contributed by atoms with Crippen molar-refractivity contribution in [1.29, 1.82) is 0 Å². The molecule has 9 heteroatoms. The summed E-state index contributed by atoms with van der Waals surface area (Å²) in [5.74, 6) is -0.399. The number of aromatic amines is 1. The zero-order valence-corrected chi connectivity index (χ0v) is 14.7. The number of aromatic nitrogens is 4. The SMILES string of the molecule is O=C(NCc1ccccc1Cn1ccnc1)c1n[nH]c2ccc([N+](=O)[O-])cc12. The average Bonchev–Trinajstić information content (AvgIpc) is 3.36. The number of fused-ring (bicyclic) bond motifs is 1. The fourth-order valence-electron chi connectivity index (χ4n) is 3.01. The Balaban J connectivity index is 1.53. The second-order valence-corrected chi connectivity index (χ2v) is 6.25. The van der Waals surface area contributed by atoms with E-state index in [2.05, 4.69) is 20.5 Å². The number of imidazole rings is 1. The summed E-state index contributed by atoms with van der Waals surface area (Å²) >= 11 is 0. The molecule has 2 aromatic heterocycles. The molecule has 2 N–H and O–H groups in total. The molecule has 0 unspecified atom stereocenters. The van der Waals surface area contributed by atoms with E-state index < -0.39 is 10.8 Å². The van der Waals surface area contributed by atoms with Gasteiger partial charge in [0.2, 0.25) is 0 Å². The van der Waals surface area contributed by atoms with Crippen molar-refractivity contribution < 1.29 is 9.72 Å². The maximum absolute atomic E-state index is 12.6. The van der Waals surface area contributed by atoms with Gasteiger partial charge in [-0.05, 0) is 17.2 Å². The maximum atomic E-state index is 12.6. The van der Waals surface area contributed by atoms with Crippen LogP contribution >= 0.6 is 0 Å². The van der Waals surface area contributed by atoms with Crippen LogP contribution in [-0.4, -0.2) is 30.6 Å². The molecule has 1 amide bonds. The number of nitrogens with zero attached hydrogens (tertiary/aromatic N) is 4. The van der Waals surface area contributed by atoms with Crippen molar-refractivity contribution >= 4 is 22.5 Å². The largest absolute Gasteiger partial charge is 0.347 e. The first-order valence-corrected chi connectivity index (χ1v) is 8.55. The van der Waals surface area contributed by atoms with Crippen LogP contribution in [0.2, 0.25) is 0 Å². The third-order valence-electron chi connectivity index (χ3n) is 4.44. The first kappa shape index (κ1) is 17.4. The van der Waals surface area contributed by atoms with Gasteiger partial charge >= 0.3 is 0 Å². The Morgan fingerprint density at radius 2 is 2.04 bits per heavy atom. The van der Waals surface area contributed by atoms with Crippen LogP contribution in [0.25, 0.3) is 10.9 Å². The van der Waals surface area contributed by atoms with E-state index in [4.69, 9.17) is 0 Å². The highest BCUT2D eigenvalue weighted by Gasteiger charge is 2.17. The molecule has 2 aromatic carbocycles. The monoisotopic (exact) mass is 376 g/mol. The van der Waals surface area contributed by atoms with E-state index in [0.717, 1.165) is 11.1 Å². The van der Waals surface area contributed by atoms with Gasteiger partial charge in [0.1, 0.15) is 0 Å². The number of nitro benzene ring substituents is 1. The minimum atomic E-state index is -0.500. The quantitative estimate of drug-likeness (QED) is 0.396. The highest BCUT2D eigenvalue weighted by atomic mass is 16.6. The lowest BCUT2D eigenvalue weighted by Crippen LogP contribution is -2.24. The van der Waals surface area contributed by atoms with Crippen molar-refractivity contribution in [3.63, 3.8) is 0 Å². The van der Waals surface area contributed by atoms with Gasteiger partial charge in [-0.3, -0.25) is 20.0 Å². The number of rotatable bonds is 6. The lowest BCUT2D eigenvalue weighted by atomic mass is 10.1. The molecule has 2 heterocycles. The molecule has 4 aromatic rings. The molecule has 0 saturated carbocycles. The van der Waals surface area contributed by atoms with E-state index in [1.807, 2.05) is 35.0 Å². The van der Waals surface area contributed by atoms with Gasteiger partial charge in [0, 0.05) is 43.0 Å². The Kier molecular flexibility index (Phi) is 4.55. The van der Waals surface area contributed by atoms with Gasteiger partial charge in [0.25, 0.3) is 11.6 Å². The molecule has 28 heavy (non-hydrogen) atoms. The number of H-pyrrole nitrogens is 1. The van der Waals surface area contributed by atoms with Gasteiger partial charge in [0.15, 0.2) is 5.69 Å². The van der Waals surface area contributed by atoms with Crippen molar-refractivity contribution in [1.82, 2.24) is 25.1 Å². The Hall–Kier alpha value is -4.01. The molecule has 140 valence electrons. The van der Waals surface area contributed by atoms with Crippen LogP contribution in [0.3, 0.4) is 0 Å². The number of hydrogen-bond acceptors (Lipinski definition) is 5. The molecule has 0 atom stereocenters. The minimum Gasteiger partial charge on any atom is -0.347 e. The molecule has 9 nitrogen and oxygen atoms in total. The molecule has 0 spiro atoms. The Bertz CT molecular complexity index is 1150. The van der Waals surface area contributed by atoms with Gasteiger partial charge < -0.3 is 9.88 Å². The Morgan fingerprint density at radius 3 is 2.79 bits per heavy atom. The summed E-state index contributed by atoms with van der Waals surface area (Å²) in [5, 5.41) is 21.0. The zero-order chi connectivity index (χ0) is 19.5. The topological polar surface area (TPSA) is 119 Å². The number of carbonyl (C=O) groups excluding carboxylic acids is 1. The molecule has 0 saturated heterocycles. The van der Waals surface area contributed by atoms with E-state index in [1.165, 1.54) is 18.2 Å². The third-order valence-corrected chi connectivity index (χ3v) is 4.44. The summed E-state index contributed by atoms with van der Waals surface area (Å²) < 4.78 is 1.95. The van der Waals surface area contributed by atoms with Gasteiger partial charge in [-0.15, -0.1) is 0 Å². The first-order valence-electron chi connectivity index (χ1n) is 8.55. The molecule has 0 bridgehead atoms. The van der Waals surface area contributed by atoms with Gasteiger partial charge in [0.05, 0.1) is 16.8 Å². The van der Waals surface area contributed by atoms with Crippen LogP contribution in [0.1, 0.15) is 21.6 Å². The number of hydrogen-bond donors (Lipinski definition) is 2. The number of nitrogens with one attached hydrogen (secondary N) is 2. The van der Waals surface area contributed by atoms with E-state index in [1.54, 1.807) is 12.5 Å². The standard InChI is InChI=1S/C19H16N6O3/c26-19(18-16-9-15(25(27)28)5-6-17(16)22-23-18)21-10-13-3-1-2-4-14(13)11-24-8-7-20-12-24/h1-9,12H,10-11H2,(H,21,26)(H,22,23). The summed E-state index contributed by atoms with van der Waals surface area (Å²) in [4.78, 5) is 27.2. The second kappa shape index (κ2) is 7.31. The van der Waals surface area contributed by atoms with Crippen LogP contribution in [0.5, 0.6) is 0 Å². The lowest BCUT2D eigenvalue weighted by molar-refractivity contribution is -0.384. The fraction of sp³-hybridized carbons (Fsp3) is 0.105. The molecule has 0 radical (unpaired) electrons. The van der Waals surface area contributed by atoms with E-state index in [-0.39, 0.29) is 11.4 Å². The average molecular weight is 376 g/mol. The normalized spacial score (nSPS) is 10.9. The predicted molar refractivity (Wildman–Crippen MR) is 102 cm³/mol. The summed E-state index contributed by atoms with van der Waals surface area (Å²) in [6.07, 6.45) is 5.32. The van der Waals surface area contributed by atoms with Crippen molar-refractivity contribution in [2.45, 2.75) is 13.1 Å². The number of benzene rings is 2. The molecular weight excluding hydrogens is 360 g/mol. The predicted octanol–water partition coefficient (Wildman–Crippen LogP) is 2.65. The number of non-ortho nitro benzene ring substituents is 1. The van der Waals surface area contributed by atoms with Crippen LogP contribution in [0.4, 0.5) is 5.69 Å². The molecule has 0 aliphatic rings. The number of amides is 1. The van der Waals surface area contributed by atoms with Crippen molar-refractivity contribution in [2.24, 2.45) is 0 Å². The van der Waals surface area contributed by atoms with E-state index in [9.17, 15) is 14.9 Å². The molecule has 0 aliphatic heterocycles. The van der Waals surface area contributed by atoms with E-state index >= 15 is 0 Å². The summed E-state index contributed by atoms with van der Waals surface area (Å²) in [5.41, 5.74) is 2.63. The maximum Gasteiger partial charge on any atom is 0.272 e. The summed E-state index contributed by atoms with van der Waals surface area (Å²) in [6, 6.07) is 12.0. The smallest absolute Gasteiger partial charge is 0.272 e. The molecular formula is C19H16N6O3. The minimum absolute atomic E-state index is 0.0892. The van der Waals surface area contributed by atoms with Crippen LogP contribution in [-0.2, 0) is 13.1 Å². The van der Waals surface area contributed by atoms with Gasteiger partial charge in [-0.25, -0.2) is 4.98 Å². The number of carbonyl (C=O) groups is 1. The fourth-order valence-corrected chi connectivity index (χ4v) is 3.01. The first-order chi connectivity index (χ1) is 13.6. The molecule has 4 rings (SSSR count). The second-order valence-electron chi connectivity index (χ2n) is 6.25. The summed E-state index contributed by atoms with van der Waals surface area (Å²) in [7, 11) is 0. The van der Waals surface area contributed by atoms with Crippen LogP contribution in [0.15, 0.2) is 61.2 Å². The lowest BCUT2D eigenvalue weighted by Gasteiger charge is -2.11. The highest BCUT2D eigenvalue weighted by molar-refractivity contribution is 6.05. The van der Waals surface area contributed by atoms with Gasteiger partial charge in [-0.2, -0.15) is 5.10 Å². The highest BCUT2D eigenvalue weighted by Crippen LogP contribution is 2.22. The third kappa shape index (κ3) is 3.45. The van der Waals surface area contributed by atoms with Crippen LogP contribution in [0, 0.1) is 10.1 Å². The molecule has 0 aliphatic carbocycles. The molecule has 0 fully saturated rings. The van der Waals surface area contributed by atoms with E-state index in [0.29, 0.717) is 24.0 Å². The van der Waals surface area contributed by atoms with Crippen molar-refractivity contribution in [3.8, 4) is 0 Å². The summed E-state index contributed by atoms with van der Waals surface area (Å²) in [6.45, 7) is 0.955. The van der Waals surface area contributed by atoms with Crippen molar-refractivity contribution in [2.75, 3.05) is 0 Å². The van der Waals surface area contributed by atoms with Crippen LogP contribution < -0.4 is 5.32 Å². The van der Waals surface area contributed by atoms with Gasteiger partial charge in [-0.1, -0.05) is 24.3 Å². The Labute approximate surface area is 159 Å². The zero-order valence-electron chi connectivity index (χ0n) is 14.7. The van der Waals surface area contributed by atoms with Crippen molar-refractivity contribution in [3.05, 3.63) is 88.1 Å².